The number of aryl methyl sites for hydroxylation is 2. The van der Waals surface area contributed by atoms with E-state index in [1.165, 1.54) is 0 Å². The number of carboxylic acid groups (broad SMARTS) is 1. The zero-order chi connectivity index (χ0) is 18.2. The maximum atomic E-state index is 12.6. The van der Waals surface area contributed by atoms with Gasteiger partial charge >= 0.3 is 5.97 Å². The Balaban J connectivity index is 1.69. The molecule has 3 rings (SSSR count). The molecule has 0 saturated carbocycles. The summed E-state index contributed by atoms with van der Waals surface area (Å²) in [4.78, 5) is 25.6. The maximum Gasteiger partial charge on any atom is 0.311 e. The summed E-state index contributed by atoms with van der Waals surface area (Å²) in [7, 11) is 0. The summed E-state index contributed by atoms with van der Waals surface area (Å²) in [5.74, 6) is -0.953. The van der Waals surface area contributed by atoms with Crippen LogP contribution < -0.4 is 0 Å². The Hall–Kier alpha value is -2.63. The summed E-state index contributed by atoms with van der Waals surface area (Å²) in [5, 5.41) is 13.7. The SMILES string of the molecule is Cc1cc(C)n(Cc2ccc(C(=O)N3CCC(C)(C(=O)O)C3)cc2)n1. The molecule has 6 heteroatoms. The van der Waals surface area contributed by atoms with Crippen LogP contribution in [0.3, 0.4) is 0 Å². The number of aromatic nitrogens is 2. The van der Waals surface area contributed by atoms with Crippen molar-refractivity contribution < 1.29 is 14.7 Å². The summed E-state index contributed by atoms with van der Waals surface area (Å²) in [5.41, 5.74) is 2.90. The van der Waals surface area contributed by atoms with Crippen molar-refractivity contribution in [2.75, 3.05) is 13.1 Å². The van der Waals surface area contributed by atoms with Gasteiger partial charge in [0.2, 0.25) is 0 Å². The highest BCUT2D eigenvalue weighted by molar-refractivity contribution is 5.95. The van der Waals surface area contributed by atoms with Gasteiger partial charge in [-0.05, 0) is 51.0 Å². The molecule has 1 aliphatic rings. The van der Waals surface area contributed by atoms with Gasteiger partial charge in [-0.3, -0.25) is 14.3 Å². The fourth-order valence-electron chi connectivity index (χ4n) is 3.25. The number of carbonyl (C=O) groups is 2. The first-order chi connectivity index (χ1) is 11.8. The summed E-state index contributed by atoms with van der Waals surface area (Å²) >= 11 is 0. The Labute approximate surface area is 147 Å². The zero-order valence-electron chi connectivity index (χ0n) is 14.8. The van der Waals surface area contributed by atoms with Crippen LogP contribution >= 0.6 is 0 Å². The van der Waals surface area contributed by atoms with Crippen LogP contribution in [0.25, 0.3) is 0 Å². The average Bonchev–Trinajstić information content (AvgIpc) is 3.11. The number of carbonyl (C=O) groups excluding carboxylic acids is 1. The topological polar surface area (TPSA) is 75.4 Å². The third-order valence-corrected chi connectivity index (χ3v) is 4.91. The predicted molar refractivity (Wildman–Crippen MR) is 93.5 cm³/mol. The van der Waals surface area contributed by atoms with Crippen molar-refractivity contribution in [3.8, 4) is 0 Å². The fraction of sp³-hybridized carbons (Fsp3) is 0.421. The fourth-order valence-corrected chi connectivity index (χ4v) is 3.25. The molecule has 1 aliphatic heterocycles. The molecule has 2 aromatic rings. The predicted octanol–water partition coefficient (Wildman–Crippen LogP) is 2.49. The quantitative estimate of drug-likeness (QED) is 0.927. The minimum absolute atomic E-state index is 0.109. The van der Waals surface area contributed by atoms with Gasteiger partial charge in [-0.2, -0.15) is 5.10 Å². The van der Waals surface area contributed by atoms with Crippen LogP contribution in [0.5, 0.6) is 0 Å². The minimum atomic E-state index is -0.844. The number of likely N-dealkylation sites (tertiary alicyclic amines) is 1. The van der Waals surface area contributed by atoms with Crippen molar-refractivity contribution in [3.63, 3.8) is 0 Å². The highest BCUT2D eigenvalue weighted by Gasteiger charge is 2.42. The highest BCUT2D eigenvalue weighted by Crippen LogP contribution is 2.31. The summed E-state index contributed by atoms with van der Waals surface area (Å²) in [6, 6.07) is 9.50. The Kier molecular flexibility index (Phi) is 4.37. The number of rotatable bonds is 4. The number of hydrogen-bond acceptors (Lipinski definition) is 3. The van der Waals surface area contributed by atoms with Crippen molar-refractivity contribution in [3.05, 3.63) is 52.8 Å². The van der Waals surface area contributed by atoms with Gasteiger partial charge < -0.3 is 10.0 Å². The first-order valence-corrected chi connectivity index (χ1v) is 8.41. The molecule has 25 heavy (non-hydrogen) atoms. The van der Waals surface area contributed by atoms with E-state index in [1.54, 1.807) is 24.0 Å². The second-order valence-electron chi connectivity index (χ2n) is 7.12. The van der Waals surface area contributed by atoms with Gasteiger partial charge in [0, 0.05) is 24.3 Å². The van der Waals surface area contributed by atoms with E-state index in [0.29, 0.717) is 25.1 Å². The third-order valence-electron chi connectivity index (χ3n) is 4.91. The largest absolute Gasteiger partial charge is 0.481 e. The van der Waals surface area contributed by atoms with Gasteiger partial charge in [-0.15, -0.1) is 0 Å². The Morgan fingerprint density at radius 3 is 2.44 bits per heavy atom. The van der Waals surface area contributed by atoms with Crippen molar-refractivity contribution in [1.29, 1.82) is 0 Å². The van der Waals surface area contributed by atoms with Crippen LogP contribution in [0.4, 0.5) is 0 Å². The lowest BCUT2D eigenvalue weighted by Gasteiger charge is -2.20. The molecule has 0 bridgehead atoms. The molecular weight excluding hydrogens is 318 g/mol. The Morgan fingerprint density at radius 1 is 1.24 bits per heavy atom. The van der Waals surface area contributed by atoms with E-state index in [-0.39, 0.29) is 12.5 Å². The summed E-state index contributed by atoms with van der Waals surface area (Å²) in [6.07, 6.45) is 0.490. The first-order valence-electron chi connectivity index (χ1n) is 8.41. The van der Waals surface area contributed by atoms with E-state index < -0.39 is 11.4 Å². The summed E-state index contributed by atoms with van der Waals surface area (Å²) in [6.45, 7) is 7.08. The first kappa shape index (κ1) is 17.2. The lowest BCUT2D eigenvalue weighted by molar-refractivity contribution is -0.147. The monoisotopic (exact) mass is 341 g/mol. The minimum Gasteiger partial charge on any atom is -0.481 e. The number of nitrogens with zero attached hydrogens (tertiary/aromatic N) is 3. The summed E-state index contributed by atoms with van der Waals surface area (Å²) < 4.78 is 1.94. The Morgan fingerprint density at radius 2 is 1.92 bits per heavy atom. The smallest absolute Gasteiger partial charge is 0.311 e. The van der Waals surface area contributed by atoms with E-state index in [2.05, 4.69) is 5.10 Å². The average molecular weight is 341 g/mol. The zero-order valence-corrected chi connectivity index (χ0v) is 14.8. The molecule has 1 unspecified atom stereocenters. The molecule has 1 atom stereocenters. The van der Waals surface area contributed by atoms with Crippen molar-refractivity contribution >= 4 is 11.9 Å². The molecule has 1 aromatic carbocycles. The number of carboxylic acids is 1. The molecule has 1 amide bonds. The molecule has 1 saturated heterocycles. The highest BCUT2D eigenvalue weighted by atomic mass is 16.4. The number of amides is 1. The van der Waals surface area contributed by atoms with Gasteiger partial charge in [0.1, 0.15) is 0 Å². The van der Waals surface area contributed by atoms with Gasteiger partial charge in [-0.1, -0.05) is 12.1 Å². The molecule has 0 aliphatic carbocycles. The molecule has 132 valence electrons. The van der Waals surface area contributed by atoms with Crippen LogP contribution in [-0.2, 0) is 11.3 Å². The molecule has 0 radical (unpaired) electrons. The molecule has 1 N–H and O–H groups in total. The van der Waals surface area contributed by atoms with E-state index in [9.17, 15) is 14.7 Å². The van der Waals surface area contributed by atoms with Crippen molar-refractivity contribution in [1.82, 2.24) is 14.7 Å². The van der Waals surface area contributed by atoms with Crippen molar-refractivity contribution in [2.45, 2.75) is 33.7 Å². The maximum absolute atomic E-state index is 12.6. The van der Waals surface area contributed by atoms with Gasteiger partial charge in [0.15, 0.2) is 0 Å². The number of aliphatic carboxylic acids is 1. The van der Waals surface area contributed by atoms with E-state index in [4.69, 9.17) is 0 Å². The normalized spacial score (nSPS) is 20.0. The van der Waals surface area contributed by atoms with Crippen molar-refractivity contribution in [2.24, 2.45) is 5.41 Å². The molecule has 2 heterocycles. The van der Waals surface area contributed by atoms with Gasteiger partial charge in [0.25, 0.3) is 5.91 Å². The number of benzene rings is 1. The third kappa shape index (κ3) is 3.43. The standard InChI is InChI=1S/C19H23N3O3/c1-13-10-14(2)22(20-13)11-15-4-6-16(7-5-15)17(23)21-9-8-19(3,12-21)18(24)25/h4-7,10H,8-9,11-12H2,1-3H3,(H,24,25). The molecule has 6 nitrogen and oxygen atoms in total. The lowest BCUT2D eigenvalue weighted by Crippen LogP contribution is -2.34. The van der Waals surface area contributed by atoms with Gasteiger partial charge in [-0.25, -0.2) is 0 Å². The van der Waals surface area contributed by atoms with E-state index in [1.807, 2.05) is 36.7 Å². The van der Waals surface area contributed by atoms with Crippen LogP contribution in [0.1, 0.15) is 40.7 Å². The van der Waals surface area contributed by atoms with Crippen LogP contribution in [0.15, 0.2) is 30.3 Å². The second-order valence-corrected chi connectivity index (χ2v) is 7.12. The van der Waals surface area contributed by atoms with E-state index in [0.717, 1.165) is 17.0 Å². The second kappa shape index (κ2) is 6.35. The molecule has 1 aromatic heterocycles. The number of hydrogen-bond donors (Lipinski definition) is 1. The lowest BCUT2D eigenvalue weighted by atomic mass is 9.90. The van der Waals surface area contributed by atoms with E-state index >= 15 is 0 Å². The molecule has 0 spiro atoms. The van der Waals surface area contributed by atoms with Crippen LogP contribution in [-0.4, -0.2) is 44.8 Å². The van der Waals surface area contributed by atoms with Gasteiger partial charge in [0.05, 0.1) is 17.7 Å². The molecule has 1 fully saturated rings. The van der Waals surface area contributed by atoms with Crippen LogP contribution in [0, 0.1) is 19.3 Å². The van der Waals surface area contributed by atoms with Crippen LogP contribution in [0.2, 0.25) is 0 Å². The Bertz CT molecular complexity index is 810. The molecular formula is C19H23N3O3.